The van der Waals surface area contributed by atoms with Crippen molar-refractivity contribution in [1.82, 2.24) is 9.97 Å². The van der Waals surface area contributed by atoms with Gasteiger partial charge < -0.3 is 20.1 Å². The van der Waals surface area contributed by atoms with Crippen LogP contribution < -0.4 is 20.1 Å². The average Bonchev–Trinajstić information content (AvgIpc) is 3.05. The molecule has 42 heavy (non-hydrogen) atoms. The van der Waals surface area contributed by atoms with Gasteiger partial charge in [-0.25, -0.2) is 9.97 Å². The maximum Gasteiger partial charge on any atom is 0.127 e. The summed E-state index contributed by atoms with van der Waals surface area (Å²) in [6, 6.07) is 38.0. The third-order valence-electron chi connectivity index (χ3n) is 7.15. The van der Waals surface area contributed by atoms with Gasteiger partial charge in [0, 0.05) is 36.6 Å². The minimum absolute atomic E-state index is 0.753. The molecule has 6 rings (SSSR count). The molecule has 6 nitrogen and oxygen atoms in total. The van der Waals surface area contributed by atoms with E-state index in [1.165, 1.54) is 5.56 Å². The van der Waals surface area contributed by atoms with Crippen LogP contribution in [-0.2, 0) is 6.42 Å². The van der Waals surface area contributed by atoms with Crippen molar-refractivity contribution in [2.45, 2.75) is 13.3 Å². The molecule has 208 valence electrons. The highest BCUT2D eigenvalue weighted by atomic mass is 16.5. The van der Waals surface area contributed by atoms with Crippen LogP contribution in [0.5, 0.6) is 23.0 Å². The number of aromatic nitrogens is 2. The summed E-state index contributed by atoms with van der Waals surface area (Å²) in [5, 5.41) is 6.24. The SMILES string of the molecule is CCc1ccc2nc(-c3ccc(Oc4ccc(NC)cc4)cc3)c(-c3ccc(Oc4ccc(NC)cc4)cc3)nc2c1. The first-order chi connectivity index (χ1) is 20.6. The van der Waals surface area contributed by atoms with E-state index in [0.717, 1.165) is 74.3 Å². The molecule has 6 heteroatoms. The maximum atomic E-state index is 6.08. The molecule has 0 aliphatic rings. The first kappa shape index (κ1) is 26.8. The van der Waals surface area contributed by atoms with Gasteiger partial charge in [0.05, 0.1) is 22.4 Å². The van der Waals surface area contributed by atoms with Crippen molar-refractivity contribution in [1.29, 1.82) is 0 Å². The van der Waals surface area contributed by atoms with Gasteiger partial charge in [-0.1, -0.05) is 13.0 Å². The smallest absolute Gasteiger partial charge is 0.127 e. The summed E-state index contributed by atoms with van der Waals surface area (Å²) in [5.74, 6) is 3.06. The molecule has 0 atom stereocenters. The zero-order valence-corrected chi connectivity index (χ0v) is 23.9. The highest BCUT2D eigenvalue weighted by Gasteiger charge is 2.15. The molecular formula is C36H32N4O2. The van der Waals surface area contributed by atoms with Crippen molar-refractivity contribution < 1.29 is 9.47 Å². The van der Waals surface area contributed by atoms with E-state index in [1.54, 1.807) is 0 Å². The Balaban J connectivity index is 1.33. The van der Waals surface area contributed by atoms with Crippen LogP contribution in [0.15, 0.2) is 115 Å². The maximum absolute atomic E-state index is 6.08. The lowest BCUT2D eigenvalue weighted by molar-refractivity contribution is 0.482. The number of hydrogen-bond acceptors (Lipinski definition) is 6. The number of ether oxygens (including phenoxy) is 2. The number of nitrogens with one attached hydrogen (secondary N) is 2. The van der Waals surface area contributed by atoms with E-state index in [-0.39, 0.29) is 0 Å². The molecule has 5 aromatic carbocycles. The Kier molecular flexibility index (Phi) is 7.68. The van der Waals surface area contributed by atoms with Crippen LogP contribution in [0.1, 0.15) is 12.5 Å². The van der Waals surface area contributed by atoms with Gasteiger partial charge in [-0.3, -0.25) is 0 Å². The Labute approximate surface area is 246 Å². The van der Waals surface area contributed by atoms with E-state index in [4.69, 9.17) is 19.4 Å². The first-order valence-corrected chi connectivity index (χ1v) is 14.0. The fourth-order valence-electron chi connectivity index (χ4n) is 4.74. The Morgan fingerprint density at radius 2 is 0.905 bits per heavy atom. The molecule has 0 saturated heterocycles. The van der Waals surface area contributed by atoms with Gasteiger partial charge in [0.1, 0.15) is 23.0 Å². The van der Waals surface area contributed by atoms with Gasteiger partial charge in [0.15, 0.2) is 0 Å². The van der Waals surface area contributed by atoms with Crippen LogP contribution in [0, 0.1) is 0 Å². The van der Waals surface area contributed by atoms with Crippen molar-refractivity contribution in [3.63, 3.8) is 0 Å². The van der Waals surface area contributed by atoms with Gasteiger partial charge in [0.2, 0.25) is 0 Å². The molecule has 0 saturated carbocycles. The minimum atomic E-state index is 0.753. The van der Waals surface area contributed by atoms with E-state index in [1.807, 2.05) is 111 Å². The summed E-state index contributed by atoms with van der Waals surface area (Å²) in [4.78, 5) is 10.2. The minimum Gasteiger partial charge on any atom is -0.457 e. The van der Waals surface area contributed by atoms with Crippen LogP contribution in [0.2, 0.25) is 0 Å². The zero-order chi connectivity index (χ0) is 28.9. The van der Waals surface area contributed by atoms with Gasteiger partial charge in [-0.15, -0.1) is 0 Å². The highest BCUT2D eigenvalue weighted by Crippen LogP contribution is 2.34. The largest absolute Gasteiger partial charge is 0.457 e. The molecular weight excluding hydrogens is 520 g/mol. The summed E-state index contributed by atoms with van der Waals surface area (Å²) in [6.45, 7) is 2.15. The van der Waals surface area contributed by atoms with Crippen molar-refractivity contribution in [2.75, 3.05) is 24.7 Å². The molecule has 0 radical (unpaired) electrons. The van der Waals surface area contributed by atoms with Crippen molar-refractivity contribution in [3.8, 4) is 45.5 Å². The third-order valence-corrected chi connectivity index (χ3v) is 7.15. The monoisotopic (exact) mass is 552 g/mol. The van der Waals surface area contributed by atoms with Crippen LogP contribution in [0.4, 0.5) is 11.4 Å². The molecule has 2 N–H and O–H groups in total. The quantitative estimate of drug-likeness (QED) is 0.186. The Morgan fingerprint density at radius 1 is 0.500 bits per heavy atom. The molecule has 0 spiro atoms. The molecule has 0 aliphatic carbocycles. The summed E-state index contributed by atoms with van der Waals surface area (Å²) in [7, 11) is 3.79. The van der Waals surface area contributed by atoms with Gasteiger partial charge in [-0.2, -0.15) is 0 Å². The lowest BCUT2D eigenvalue weighted by Gasteiger charge is -2.13. The number of aryl methyl sites for hydroxylation is 1. The number of benzene rings is 5. The van der Waals surface area contributed by atoms with E-state index in [2.05, 4.69) is 35.8 Å². The van der Waals surface area contributed by atoms with Crippen molar-refractivity contribution >= 4 is 22.4 Å². The van der Waals surface area contributed by atoms with Crippen LogP contribution >= 0.6 is 0 Å². The topological polar surface area (TPSA) is 68.3 Å². The molecule has 1 aromatic heterocycles. The molecule has 0 amide bonds. The molecule has 1 heterocycles. The van der Waals surface area contributed by atoms with Crippen molar-refractivity contribution in [2.24, 2.45) is 0 Å². The molecule has 0 fully saturated rings. The Morgan fingerprint density at radius 3 is 1.31 bits per heavy atom. The highest BCUT2D eigenvalue weighted by molar-refractivity contribution is 5.86. The Bertz CT molecular complexity index is 1800. The average molecular weight is 553 g/mol. The van der Waals surface area contributed by atoms with Crippen LogP contribution in [0.3, 0.4) is 0 Å². The normalized spacial score (nSPS) is 10.8. The van der Waals surface area contributed by atoms with Gasteiger partial charge in [-0.05, 0) is 121 Å². The first-order valence-electron chi connectivity index (χ1n) is 14.0. The predicted octanol–water partition coefficient (Wildman–Crippen LogP) is 9.19. The Hall–Kier alpha value is -5.36. The summed E-state index contributed by atoms with van der Waals surface area (Å²) >= 11 is 0. The van der Waals surface area contributed by atoms with Crippen LogP contribution in [0.25, 0.3) is 33.5 Å². The number of anilines is 2. The van der Waals surface area contributed by atoms with E-state index in [0.29, 0.717) is 0 Å². The summed E-state index contributed by atoms with van der Waals surface area (Å²) < 4.78 is 12.2. The summed E-state index contributed by atoms with van der Waals surface area (Å²) in [6.07, 6.45) is 0.940. The van der Waals surface area contributed by atoms with Gasteiger partial charge in [0.25, 0.3) is 0 Å². The zero-order valence-electron chi connectivity index (χ0n) is 23.9. The lowest BCUT2D eigenvalue weighted by Crippen LogP contribution is -1.97. The molecule has 6 aromatic rings. The molecule has 0 aliphatic heterocycles. The number of hydrogen-bond donors (Lipinski definition) is 2. The predicted molar refractivity (Wildman–Crippen MR) is 172 cm³/mol. The number of rotatable bonds is 9. The standard InChI is InChI=1S/C36H32N4O2/c1-4-24-5-22-33-34(23-24)40-36(26-8-16-30(17-9-26)42-32-20-12-28(38-3)13-21-32)35(39-33)25-6-14-29(15-7-25)41-31-18-10-27(37-2)11-19-31/h5-23,37-38H,4H2,1-3H3. The lowest BCUT2D eigenvalue weighted by atomic mass is 10.0. The second kappa shape index (κ2) is 12.0. The van der Waals surface area contributed by atoms with E-state index < -0.39 is 0 Å². The number of nitrogens with zero attached hydrogens (tertiary/aromatic N) is 2. The van der Waals surface area contributed by atoms with E-state index in [9.17, 15) is 0 Å². The second-order valence-electron chi connectivity index (χ2n) is 9.90. The molecule has 0 bridgehead atoms. The van der Waals surface area contributed by atoms with Gasteiger partial charge >= 0.3 is 0 Å². The van der Waals surface area contributed by atoms with Crippen molar-refractivity contribution in [3.05, 3.63) is 121 Å². The van der Waals surface area contributed by atoms with E-state index >= 15 is 0 Å². The fraction of sp³-hybridized carbons (Fsp3) is 0.111. The molecule has 0 unspecified atom stereocenters. The summed E-state index contributed by atoms with van der Waals surface area (Å²) in [5.41, 5.74) is 8.59. The number of fused-ring (bicyclic) bond motifs is 1. The van der Waals surface area contributed by atoms with Crippen LogP contribution in [-0.4, -0.2) is 24.1 Å². The third kappa shape index (κ3) is 5.88. The fourth-order valence-corrected chi connectivity index (χ4v) is 4.74. The second-order valence-corrected chi connectivity index (χ2v) is 9.90.